The molecule has 0 radical (unpaired) electrons. The predicted molar refractivity (Wildman–Crippen MR) is 117 cm³/mol. The highest BCUT2D eigenvalue weighted by atomic mass is 16.5. The molecule has 0 saturated heterocycles. The van der Waals surface area contributed by atoms with E-state index in [-0.39, 0.29) is 5.84 Å². The average molecular weight is 399 g/mol. The first-order valence-corrected chi connectivity index (χ1v) is 9.75. The number of anilines is 2. The van der Waals surface area contributed by atoms with Gasteiger partial charge in [-0.1, -0.05) is 6.07 Å². The maximum absolute atomic E-state index is 12.3. The lowest BCUT2D eigenvalue weighted by molar-refractivity contribution is -0.142. The fourth-order valence-corrected chi connectivity index (χ4v) is 3.19. The number of hydrogen-bond acceptors (Lipinski definition) is 5. The molecule has 2 aromatic carbocycles. The van der Waals surface area contributed by atoms with Gasteiger partial charge in [-0.3, -0.25) is 5.41 Å². The molecule has 2 aromatic rings. The van der Waals surface area contributed by atoms with E-state index in [0.29, 0.717) is 23.4 Å². The van der Waals surface area contributed by atoms with Gasteiger partial charge in [0.1, 0.15) is 11.6 Å². The third kappa shape index (κ3) is 4.80. The van der Waals surface area contributed by atoms with Gasteiger partial charge in [-0.05, 0) is 69.7 Å². The van der Waals surface area contributed by atoms with E-state index in [0.717, 1.165) is 24.5 Å². The van der Waals surface area contributed by atoms with Crippen molar-refractivity contribution in [2.45, 2.75) is 33.2 Å². The minimum Gasteiger partial charge on any atom is -0.492 e. The van der Waals surface area contributed by atoms with E-state index in [9.17, 15) is 9.90 Å². The Labute approximate surface area is 172 Å². The van der Waals surface area contributed by atoms with Crippen molar-refractivity contribution in [3.8, 4) is 5.75 Å². The van der Waals surface area contributed by atoms with E-state index in [1.165, 1.54) is 0 Å². The van der Waals surface area contributed by atoms with Gasteiger partial charge in [0, 0.05) is 24.3 Å². The van der Waals surface area contributed by atoms with Gasteiger partial charge in [-0.2, -0.15) is 0 Å². The Morgan fingerprint density at radius 2 is 1.79 bits per heavy atom. The second-order valence-corrected chi connectivity index (χ2v) is 6.83. The van der Waals surface area contributed by atoms with Crippen molar-refractivity contribution in [2.75, 3.05) is 29.9 Å². The zero-order chi connectivity index (χ0) is 21.6. The van der Waals surface area contributed by atoms with Crippen molar-refractivity contribution in [3.63, 3.8) is 0 Å². The van der Waals surface area contributed by atoms with Crippen LogP contribution in [0.25, 0.3) is 0 Å². The molecule has 0 spiro atoms. The van der Waals surface area contributed by atoms with Gasteiger partial charge in [0.25, 0.3) is 0 Å². The minimum atomic E-state index is -1.36. The molecule has 0 fully saturated rings. The van der Waals surface area contributed by atoms with Gasteiger partial charge in [-0.15, -0.1) is 0 Å². The largest absolute Gasteiger partial charge is 0.492 e. The van der Waals surface area contributed by atoms with Crippen molar-refractivity contribution in [1.29, 1.82) is 5.41 Å². The third-order valence-corrected chi connectivity index (χ3v) is 4.96. The maximum Gasteiger partial charge on any atom is 0.333 e. The first kappa shape index (κ1) is 22.1. The minimum absolute atomic E-state index is 0.0343. The Bertz CT molecular complexity index is 863. The monoisotopic (exact) mass is 398 g/mol. The van der Waals surface area contributed by atoms with E-state index >= 15 is 0 Å². The molecule has 156 valence electrons. The summed E-state index contributed by atoms with van der Waals surface area (Å²) >= 11 is 0. The van der Waals surface area contributed by atoms with Crippen LogP contribution in [0.2, 0.25) is 0 Å². The molecule has 0 aliphatic carbocycles. The Morgan fingerprint density at radius 3 is 2.28 bits per heavy atom. The molecule has 0 aliphatic heterocycles. The van der Waals surface area contributed by atoms with Crippen molar-refractivity contribution < 1.29 is 14.6 Å². The molecule has 7 nitrogen and oxygen atoms in total. The van der Waals surface area contributed by atoms with Crippen LogP contribution in [0, 0.1) is 5.41 Å². The zero-order valence-electron chi connectivity index (χ0n) is 17.5. The Kier molecular flexibility index (Phi) is 7.09. The molecular weight excluding hydrogens is 368 g/mol. The Balaban J connectivity index is 2.48. The summed E-state index contributed by atoms with van der Waals surface area (Å²) in [5.74, 6) is -0.297. The van der Waals surface area contributed by atoms with Crippen LogP contribution in [0.5, 0.6) is 5.75 Å². The smallest absolute Gasteiger partial charge is 0.333 e. The number of benzene rings is 2. The predicted octanol–water partition coefficient (Wildman–Crippen LogP) is 3.63. The summed E-state index contributed by atoms with van der Waals surface area (Å²) < 4.78 is 5.76. The molecule has 0 aromatic heterocycles. The second-order valence-electron chi connectivity index (χ2n) is 6.83. The van der Waals surface area contributed by atoms with E-state index < -0.39 is 11.5 Å². The van der Waals surface area contributed by atoms with Crippen LogP contribution in [-0.2, 0) is 10.3 Å². The first-order chi connectivity index (χ1) is 13.8. The van der Waals surface area contributed by atoms with Crippen LogP contribution in [0.15, 0.2) is 42.5 Å². The SMILES string of the molecule is CCOc1ccc(C(C)(Nc2ccc(C(=N)N)cc2)C(=O)O)cc1N(CC)CC. The topological polar surface area (TPSA) is 112 Å². The number of nitrogens with one attached hydrogen (secondary N) is 2. The molecule has 7 heteroatoms. The summed E-state index contributed by atoms with van der Waals surface area (Å²) in [5, 5.41) is 20.7. The zero-order valence-corrected chi connectivity index (χ0v) is 17.5. The highest BCUT2D eigenvalue weighted by Crippen LogP contribution is 2.35. The molecular formula is C22H30N4O3. The summed E-state index contributed by atoms with van der Waals surface area (Å²) in [6, 6.07) is 12.3. The number of aliphatic carboxylic acids is 1. The lowest BCUT2D eigenvalue weighted by Crippen LogP contribution is -2.40. The van der Waals surface area contributed by atoms with Gasteiger partial charge in [-0.25, -0.2) is 4.79 Å². The highest BCUT2D eigenvalue weighted by Gasteiger charge is 2.36. The van der Waals surface area contributed by atoms with Gasteiger partial charge < -0.3 is 25.8 Å². The standard InChI is InChI=1S/C22H30N4O3/c1-5-26(6-2)18-14-16(10-13-19(18)29-7-3)22(4,21(27)28)25-17-11-8-15(9-12-17)20(23)24/h8-14,25H,5-7H2,1-4H3,(H3,23,24)(H,27,28). The molecule has 5 N–H and O–H groups in total. The lowest BCUT2D eigenvalue weighted by Gasteiger charge is -2.31. The van der Waals surface area contributed by atoms with Crippen molar-refractivity contribution in [3.05, 3.63) is 53.6 Å². The summed E-state index contributed by atoms with van der Waals surface area (Å²) in [5.41, 5.74) is 6.83. The van der Waals surface area contributed by atoms with Gasteiger partial charge in [0.2, 0.25) is 0 Å². The number of carboxylic acid groups (broad SMARTS) is 1. The van der Waals surface area contributed by atoms with E-state index in [2.05, 4.69) is 24.1 Å². The number of nitrogens with two attached hydrogens (primary N) is 1. The van der Waals surface area contributed by atoms with Crippen molar-refractivity contribution in [1.82, 2.24) is 0 Å². The van der Waals surface area contributed by atoms with Crippen LogP contribution in [0.4, 0.5) is 11.4 Å². The second kappa shape index (κ2) is 9.32. The number of rotatable bonds is 10. The maximum atomic E-state index is 12.3. The third-order valence-electron chi connectivity index (χ3n) is 4.96. The highest BCUT2D eigenvalue weighted by molar-refractivity contribution is 5.95. The molecule has 0 saturated carbocycles. The molecule has 1 unspecified atom stereocenters. The van der Waals surface area contributed by atoms with Crippen LogP contribution < -0.4 is 20.7 Å². The summed E-state index contributed by atoms with van der Waals surface area (Å²) in [4.78, 5) is 14.4. The number of nitrogen functional groups attached to an aromatic ring is 1. The van der Waals surface area contributed by atoms with Crippen LogP contribution >= 0.6 is 0 Å². The number of amidine groups is 1. The first-order valence-electron chi connectivity index (χ1n) is 9.75. The molecule has 1 atom stereocenters. The summed E-state index contributed by atoms with van der Waals surface area (Å²) in [7, 11) is 0. The van der Waals surface area contributed by atoms with Crippen LogP contribution in [0.1, 0.15) is 38.8 Å². The number of ether oxygens (including phenoxy) is 1. The van der Waals surface area contributed by atoms with E-state index in [1.807, 2.05) is 19.1 Å². The number of hydrogen-bond donors (Lipinski definition) is 4. The Morgan fingerprint density at radius 1 is 1.17 bits per heavy atom. The number of carboxylic acids is 1. The molecule has 0 bridgehead atoms. The van der Waals surface area contributed by atoms with Crippen molar-refractivity contribution in [2.24, 2.45) is 5.73 Å². The average Bonchev–Trinajstić information content (AvgIpc) is 2.70. The lowest BCUT2D eigenvalue weighted by atomic mass is 9.90. The van der Waals surface area contributed by atoms with Crippen molar-refractivity contribution >= 4 is 23.2 Å². The van der Waals surface area contributed by atoms with E-state index in [1.54, 1.807) is 37.3 Å². The molecule has 0 amide bonds. The summed E-state index contributed by atoms with van der Waals surface area (Å²) in [6.45, 7) is 9.76. The van der Waals surface area contributed by atoms with Crippen LogP contribution in [-0.4, -0.2) is 36.6 Å². The Hall–Kier alpha value is -3.22. The van der Waals surface area contributed by atoms with Crippen LogP contribution in [0.3, 0.4) is 0 Å². The molecule has 0 aliphatic rings. The van der Waals surface area contributed by atoms with Gasteiger partial charge >= 0.3 is 5.97 Å². The fourth-order valence-electron chi connectivity index (χ4n) is 3.19. The normalized spacial score (nSPS) is 12.7. The molecule has 2 rings (SSSR count). The van der Waals surface area contributed by atoms with Gasteiger partial charge in [0.15, 0.2) is 5.54 Å². The molecule has 0 heterocycles. The van der Waals surface area contributed by atoms with Gasteiger partial charge in [0.05, 0.1) is 12.3 Å². The molecule has 29 heavy (non-hydrogen) atoms. The van der Waals surface area contributed by atoms with E-state index in [4.69, 9.17) is 15.9 Å². The number of carbonyl (C=O) groups is 1. The fraction of sp³-hybridized carbons (Fsp3) is 0.364. The number of nitrogens with zero attached hydrogens (tertiary/aromatic N) is 1. The summed E-state index contributed by atoms with van der Waals surface area (Å²) in [6.07, 6.45) is 0. The quantitative estimate of drug-likeness (QED) is 0.359.